The molecule has 2 aliphatic heterocycles. The molecule has 196 valence electrons. The average Bonchev–Trinajstić information content (AvgIpc) is 3.38. The first-order valence-corrected chi connectivity index (χ1v) is 13.0. The molecule has 0 saturated carbocycles. The van der Waals surface area contributed by atoms with E-state index in [9.17, 15) is 4.79 Å². The summed E-state index contributed by atoms with van der Waals surface area (Å²) in [6.45, 7) is 6.11. The fourth-order valence-electron chi connectivity index (χ4n) is 4.32. The van der Waals surface area contributed by atoms with Gasteiger partial charge in [-0.1, -0.05) is 23.7 Å². The van der Waals surface area contributed by atoms with Crippen LogP contribution in [0.1, 0.15) is 28.3 Å². The number of likely N-dealkylation sites (N-methyl/N-ethyl adjacent to an activating group) is 1. The Labute approximate surface area is 222 Å². The van der Waals surface area contributed by atoms with Crippen molar-refractivity contribution in [2.75, 3.05) is 46.4 Å². The summed E-state index contributed by atoms with van der Waals surface area (Å²) in [6, 6.07) is 16.7. The quantitative estimate of drug-likeness (QED) is 0.448. The first-order valence-electron chi connectivity index (χ1n) is 12.6. The van der Waals surface area contributed by atoms with Crippen LogP contribution in [0.5, 0.6) is 17.2 Å². The third-order valence-electron chi connectivity index (χ3n) is 6.56. The van der Waals surface area contributed by atoms with Crippen LogP contribution < -0.4 is 19.5 Å². The van der Waals surface area contributed by atoms with Gasteiger partial charge in [-0.2, -0.15) is 0 Å². The summed E-state index contributed by atoms with van der Waals surface area (Å²) in [5.41, 5.74) is 1.02. The number of hydrogen-bond donors (Lipinski definition) is 1. The maximum Gasteiger partial charge on any atom is 0.286 e. The molecule has 0 radical (unpaired) electrons. The van der Waals surface area contributed by atoms with Crippen molar-refractivity contribution in [3.8, 4) is 17.2 Å². The first-order chi connectivity index (χ1) is 18.0. The Kier molecular flexibility index (Phi) is 8.18. The van der Waals surface area contributed by atoms with Crippen LogP contribution in [0.25, 0.3) is 0 Å². The fourth-order valence-corrected chi connectivity index (χ4v) is 4.45. The number of piperazine rings is 1. The van der Waals surface area contributed by atoms with Crippen LogP contribution in [0.2, 0.25) is 5.02 Å². The van der Waals surface area contributed by atoms with Crippen molar-refractivity contribution >= 4 is 17.5 Å². The number of benzene rings is 2. The smallest absolute Gasteiger partial charge is 0.286 e. The summed E-state index contributed by atoms with van der Waals surface area (Å²) in [5.74, 6) is 2.93. The normalized spacial score (nSPS) is 17.9. The van der Waals surface area contributed by atoms with E-state index in [1.807, 2.05) is 48.5 Å². The molecule has 5 rings (SSSR count). The van der Waals surface area contributed by atoms with Gasteiger partial charge in [-0.25, -0.2) is 0 Å². The molecule has 1 saturated heterocycles. The van der Waals surface area contributed by atoms with Crippen molar-refractivity contribution in [3.05, 3.63) is 76.7 Å². The lowest BCUT2D eigenvalue weighted by Gasteiger charge is -2.31. The molecule has 1 atom stereocenters. The van der Waals surface area contributed by atoms with Crippen LogP contribution in [-0.4, -0.2) is 68.2 Å². The minimum Gasteiger partial charge on any atom is -0.489 e. The Morgan fingerprint density at radius 2 is 1.86 bits per heavy atom. The van der Waals surface area contributed by atoms with Crippen LogP contribution in [0.15, 0.2) is 59.0 Å². The van der Waals surface area contributed by atoms with E-state index in [1.165, 1.54) is 0 Å². The monoisotopic (exact) mass is 525 g/mol. The number of fused-ring (bicyclic) bond motifs is 1. The molecule has 8 nitrogen and oxygen atoms in total. The van der Waals surface area contributed by atoms with E-state index in [2.05, 4.69) is 22.2 Å². The van der Waals surface area contributed by atoms with Crippen molar-refractivity contribution in [2.24, 2.45) is 0 Å². The molecule has 0 spiro atoms. The number of ether oxygens (including phenoxy) is 3. The van der Waals surface area contributed by atoms with Gasteiger partial charge in [0.05, 0.1) is 6.54 Å². The summed E-state index contributed by atoms with van der Waals surface area (Å²) in [5, 5.41) is 3.62. The lowest BCUT2D eigenvalue weighted by Crippen LogP contribution is -2.43. The molecule has 0 aliphatic carbocycles. The summed E-state index contributed by atoms with van der Waals surface area (Å²) in [7, 11) is 2.13. The molecule has 1 N–H and O–H groups in total. The van der Waals surface area contributed by atoms with Crippen molar-refractivity contribution < 1.29 is 23.4 Å². The molecule has 9 heteroatoms. The van der Waals surface area contributed by atoms with Crippen LogP contribution in [0.3, 0.4) is 0 Å². The highest BCUT2D eigenvalue weighted by atomic mass is 35.5. The summed E-state index contributed by atoms with van der Waals surface area (Å²) < 4.78 is 23.7. The van der Waals surface area contributed by atoms with Gasteiger partial charge in [-0.15, -0.1) is 0 Å². The minimum absolute atomic E-state index is 0.177. The van der Waals surface area contributed by atoms with Gasteiger partial charge in [-0.3, -0.25) is 9.69 Å². The van der Waals surface area contributed by atoms with Gasteiger partial charge in [0.1, 0.15) is 30.8 Å². The van der Waals surface area contributed by atoms with Gasteiger partial charge >= 0.3 is 0 Å². The fraction of sp³-hybridized carbons (Fsp3) is 0.393. The number of furan rings is 1. The van der Waals surface area contributed by atoms with E-state index < -0.39 is 0 Å². The Balaban J connectivity index is 1.06. The number of rotatable bonds is 9. The number of amides is 1. The molecule has 3 aromatic rings. The Morgan fingerprint density at radius 1 is 1.05 bits per heavy atom. The lowest BCUT2D eigenvalue weighted by molar-refractivity contribution is 0.0798. The lowest BCUT2D eigenvalue weighted by atomic mass is 10.2. The second-order valence-electron chi connectivity index (χ2n) is 9.46. The van der Waals surface area contributed by atoms with E-state index in [-0.39, 0.29) is 12.0 Å². The number of halogens is 1. The molecule has 3 heterocycles. The molecule has 1 fully saturated rings. The molecule has 1 aromatic heterocycles. The van der Waals surface area contributed by atoms with E-state index in [0.29, 0.717) is 54.2 Å². The molecule has 2 aromatic carbocycles. The summed E-state index contributed by atoms with van der Waals surface area (Å²) in [6.07, 6.45) is 0.430. The van der Waals surface area contributed by atoms with E-state index >= 15 is 0 Å². The van der Waals surface area contributed by atoms with Crippen LogP contribution in [0, 0.1) is 0 Å². The van der Waals surface area contributed by atoms with Crippen LogP contribution >= 0.6 is 11.6 Å². The highest BCUT2D eigenvalue weighted by molar-refractivity contribution is 6.30. The number of carbonyl (C=O) groups excluding carboxylic acids is 1. The molecule has 2 aliphatic rings. The number of nitrogens with zero attached hydrogens (tertiary/aromatic N) is 2. The van der Waals surface area contributed by atoms with Gasteiger partial charge in [0.25, 0.3) is 5.91 Å². The predicted molar refractivity (Wildman–Crippen MR) is 141 cm³/mol. The van der Waals surface area contributed by atoms with E-state index in [0.717, 1.165) is 44.0 Å². The first kappa shape index (κ1) is 25.4. The zero-order valence-corrected chi connectivity index (χ0v) is 21.7. The molecular weight excluding hydrogens is 494 g/mol. The molecule has 37 heavy (non-hydrogen) atoms. The SMILES string of the molecule is CN1CCN(Cc2ccc(C(=O)NCCC3COc4ccc(OCc5ccc(Cl)cc5)cc4O3)o2)CC1. The minimum atomic E-state index is -0.223. The third-order valence-corrected chi connectivity index (χ3v) is 6.82. The maximum absolute atomic E-state index is 12.6. The number of carbonyl (C=O) groups is 1. The van der Waals surface area contributed by atoms with Gasteiger partial charge < -0.3 is 28.8 Å². The standard InChI is InChI=1S/C28H32ClN3O5/c1-31-12-14-32(15-13-31)17-23-7-9-26(36-23)28(33)30-11-10-24-19-35-25-8-6-22(16-27(25)37-24)34-18-20-2-4-21(29)5-3-20/h2-9,16,24H,10-15,17-19H2,1H3,(H,30,33). The van der Waals surface area contributed by atoms with Gasteiger partial charge in [0.2, 0.25) is 0 Å². The second kappa shape index (κ2) is 11.9. The van der Waals surface area contributed by atoms with E-state index in [1.54, 1.807) is 6.07 Å². The molecule has 0 bridgehead atoms. The number of hydrogen-bond acceptors (Lipinski definition) is 7. The van der Waals surface area contributed by atoms with Crippen LogP contribution in [0.4, 0.5) is 0 Å². The van der Waals surface area contributed by atoms with Crippen molar-refractivity contribution in [1.29, 1.82) is 0 Å². The molecule has 1 unspecified atom stereocenters. The maximum atomic E-state index is 12.6. The van der Waals surface area contributed by atoms with E-state index in [4.69, 9.17) is 30.2 Å². The van der Waals surface area contributed by atoms with Gasteiger partial charge in [0, 0.05) is 50.2 Å². The Morgan fingerprint density at radius 3 is 2.68 bits per heavy atom. The number of nitrogens with one attached hydrogen (secondary N) is 1. The zero-order valence-electron chi connectivity index (χ0n) is 21.0. The topological polar surface area (TPSA) is 76.4 Å². The highest BCUT2D eigenvalue weighted by Gasteiger charge is 2.22. The molecule has 1 amide bonds. The predicted octanol–water partition coefficient (Wildman–Crippen LogP) is 4.22. The highest BCUT2D eigenvalue weighted by Crippen LogP contribution is 2.35. The summed E-state index contributed by atoms with van der Waals surface area (Å²) >= 11 is 5.94. The zero-order chi connectivity index (χ0) is 25.6. The van der Waals surface area contributed by atoms with Gasteiger partial charge in [-0.05, 0) is 49.0 Å². The molecular formula is C28H32ClN3O5. The van der Waals surface area contributed by atoms with Crippen molar-refractivity contribution in [3.63, 3.8) is 0 Å². The van der Waals surface area contributed by atoms with Crippen molar-refractivity contribution in [2.45, 2.75) is 25.7 Å². The average molecular weight is 526 g/mol. The third kappa shape index (κ3) is 6.97. The second-order valence-corrected chi connectivity index (χ2v) is 9.90. The largest absolute Gasteiger partial charge is 0.489 e. The van der Waals surface area contributed by atoms with Gasteiger partial charge in [0.15, 0.2) is 17.3 Å². The Hall–Kier alpha value is -3.20. The summed E-state index contributed by atoms with van der Waals surface area (Å²) in [4.78, 5) is 17.2. The Bertz CT molecular complexity index is 1190. The van der Waals surface area contributed by atoms with Crippen LogP contribution in [-0.2, 0) is 13.2 Å². The van der Waals surface area contributed by atoms with Crippen molar-refractivity contribution in [1.82, 2.24) is 15.1 Å².